The van der Waals surface area contributed by atoms with Crippen molar-refractivity contribution < 1.29 is 4.79 Å². The van der Waals surface area contributed by atoms with E-state index in [4.69, 9.17) is 5.73 Å². The maximum Gasteiger partial charge on any atom is 0.220 e. The minimum atomic E-state index is 0.237. The maximum absolute atomic E-state index is 12.1. The van der Waals surface area contributed by atoms with Crippen LogP contribution in [0.5, 0.6) is 0 Å². The van der Waals surface area contributed by atoms with E-state index in [-0.39, 0.29) is 5.91 Å². The van der Waals surface area contributed by atoms with Crippen LogP contribution in [0, 0.1) is 11.8 Å². The van der Waals surface area contributed by atoms with Crippen molar-refractivity contribution in [1.82, 2.24) is 5.32 Å². The Bertz CT molecular complexity index is 256. The quantitative estimate of drug-likeness (QED) is 0.678. The largest absolute Gasteiger partial charge is 0.353 e. The van der Waals surface area contributed by atoms with E-state index in [1.165, 1.54) is 44.9 Å². The van der Waals surface area contributed by atoms with E-state index in [0.29, 0.717) is 24.3 Å². The molecule has 0 spiro atoms. The molecular formula is C17H34N2O. The van der Waals surface area contributed by atoms with Gasteiger partial charge in [0.25, 0.3) is 0 Å². The average Bonchev–Trinajstić information content (AvgIpc) is 2.46. The third kappa shape index (κ3) is 6.74. The first-order chi connectivity index (χ1) is 9.67. The number of hydrogen-bond donors (Lipinski definition) is 2. The molecule has 1 saturated carbocycles. The van der Waals surface area contributed by atoms with Crippen molar-refractivity contribution in [3.05, 3.63) is 0 Å². The first-order valence-electron chi connectivity index (χ1n) is 8.66. The highest BCUT2D eigenvalue weighted by atomic mass is 16.1. The van der Waals surface area contributed by atoms with Crippen LogP contribution in [0.2, 0.25) is 0 Å². The van der Waals surface area contributed by atoms with E-state index in [1.54, 1.807) is 0 Å². The molecule has 1 fully saturated rings. The molecule has 0 aliphatic heterocycles. The summed E-state index contributed by atoms with van der Waals surface area (Å²) >= 11 is 0. The number of amides is 1. The molecule has 2 unspecified atom stereocenters. The molecule has 3 heteroatoms. The Hall–Kier alpha value is -0.570. The molecule has 0 aromatic carbocycles. The molecule has 1 aliphatic carbocycles. The smallest absolute Gasteiger partial charge is 0.220 e. The zero-order valence-corrected chi connectivity index (χ0v) is 13.5. The predicted octanol–water partition coefficient (Wildman–Crippen LogP) is 3.62. The van der Waals surface area contributed by atoms with Crippen LogP contribution >= 0.6 is 0 Å². The number of nitrogens with one attached hydrogen (secondary N) is 1. The van der Waals surface area contributed by atoms with Gasteiger partial charge in [-0.05, 0) is 51.0 Å². The molecule has 1 rings (SSSR count). The summed E-state index contributed by atoms with van der Waals surface area (Å²) in [7, 11) is 0. The average molecular weight is 282 g/mol. The Morgan fingerprint density at radius 1 is 1.20 bits per heavy atom. The van der Waals surface area contributed by atoms with Gasteiger partial charge in [-0.25, -0.2) is 0 Å². The molecule has 0 radical (unpaired) electrons. The summed E-state index contributed by atoms with van der Waals surface area (Å²) in [6.07, 6.45) is 11.7. The molecule has 3 N–H and O–H groups in total. The molecule has 0 aromatic rings. The Kier molecular flexibility index (Phi) is 8.92. The fourth-order valence-electron chi connectivity index (χ4n) is 3.49. The molecule has 0 saturated heterocycles. The van der Waals surface area contributed by atoms with Crippen LogP contribution in [0.25, 0.3) is 0 Å². The lowest BCUT2D eigenvalue weighted by atomic mass is 9.84. The monoisotopic (exact) mass is 282 g/mol. The van der Waals surface area contributed by atoms with Gasteiger partial charge in [0.2, 0.25) is 5.91 Å². The number of carbonyl (C=O) groups excluding carboxylic acids is 1. The van der Waals surface area contributed by atoms with E-state index in [0.717, 1.165) is 19.4 Å². The summed E-state index contributed by atoms with van der Waals surface area (Å²) < 4.78 is 0. The minimum Gasteiger partial charge on any atom is -0.353 e. The normalized spacial score (nSPS) is 19.6. The standard InChI is InChI=1S/C17H34N2O/c1-3-7-15(12-13-18)10-11-17(20)19-14(2)16-8-5-4-6-9-16/h14-16H,3-13,18H2,1-2H3,(H,19,20). The maximum atomic E-state index is 12.1. The molecule has 0 heterocycles. The third-order valence-electron chi connectivity index (χ3n) is 4.80. The summed E-state index contributed by atoms with van der Waals surface area (Å²) in [5.74, 6) is 1.56. The van der Waals surface area contributed by atoms with E-state index in [2.05, 4.69) is 19.2 Å². The van der Waals surface area contributed by atoms with Gasteiger partial charge < -0.3 is 11.1 Å². The summed E-state index contributed by atoms with van der Waals surface area (Å²) in [5, 5.41) is 3.22. The van der Waals surface area contributed by atoms with Gasteiger partial charge in [-0.15, -0.1) is 0 Å². The van der Waals surface area contributed by atoms with Crippen LogP contribution < -0.4 is 11.1 Å². The molecular weight excluding hydrogens is 248 g/mol. The lowest BCUT2D eigenvalue weighted by Gasteiger charge is -2.28. The molecule has 2 atom stereocenters. The van der Waals surface area contributed by atoms with Gasteiger partial charge in [0.05, 0.1) is 0 Å². The Labute approximate surface area is 125 Å². The highest BCUT2D eigenvalue weighted by molar-refractivity contribution is 5.76. The van der Waals surface area contributed by atoms with Gasteiger partial charge in [-0.2, -0.15) is 0 Å². The molecule has 3 nitrogen and oxygen atoms in total. The summed E-state index contributed by atoms with van der Waals surface area (Å²) in [6.45, 7) is 5.12. The second kappa shape index (κ2) is 10.2. The number of hydrogen-bond acceptors (Lipinski definition) is 2. The lowest BCUT2D eigenvalue weighted by molar-refractivity contribution is -0.122. The van der Waals surface area contributed by atoms with Crippen LogP contribution in [-0.2, 0) is 4.79 Å². The fourth-order valence-corrected chi connectivity index (χ4v) is 3.49. The fraction of sp³-hybridized carbons (Fsp3) is 0.941. The molecule has 0 aromatic heterocycles. The first kappa shape index (κ1) is 17.5. The highest BCUT2D eigenvalue weighted by Gasteiger charge is 2.21. The van der Waals surface area contributed by atoms with Crippen molar-refractivity contribution in [2.24, 2.45) is 17.6 Å². The van der Waals surface area contributed by atoms with Crippen LogP contribution in [0.3, 0.4) is 0 Å². The Morgan fingerprint density at radius 2 is 1.90 bits per heavy atom. The van der Waals surface area contributed by atoms with E-state index in [1.807, 2.05) is 0 Å². The van der Waals surface area contributed by atoms with Crippen LogP contribution in [0.15, 0.2) is 0 Å². The number of nitrogens with two attached hydrogens (primary N) is 1. The van der Waals surface area contributed by atoms with Crippen molar-refractivity contribution in [2.45, 2.75) is 84.1 Å². The zero-order valence-electron chi connectivity index (χ0n) is 13.5. The summed E-state index contributed by atoms with van der Waals surface area (Å²) in [4.78, 5) is 12.1. The van der Waals surface area contributed by atoms with Gasteiger partial charge in [-0.1, -0.05) is 39.0 Å². The van der Waals surface area contributed by atoms with Crippen LogP contribution in [0.4, 0.5) is 0 Å². The lowest BCUT2D eigenvalue weighted by Crippen LogP contribution is -2.38. The van der Waals surface area contributed by atoms with Gasteiger partial charge >= 0.3 is 0 Å². The molecule has 20 heavy (non-hydrogen) atoms. The second-order valence-corrected chi connectivity index (χ2v) is 6.53. The molecule has 118 valence electrons. The van der Waals surface area contributed by atoms with Gasteiger partial charge in [-0.3, -0.25) is 4.79 Å². The SMILES string of the molecule is CCCC(CCN)CCC(=O)NC(C)C1CCCCC1. The van der Waals surface area contributed by atoms with Crippen molar-refractivity contribution in [3.63, 3.8) is 0 Å². The molecule has 0 bridgehead atoms. The summed E-state index contributed by atoms with van der Waals surface area (Å²) in [5.41, 5.74) is 5.64. The van der Waals surface area contributed by atoms with Crippen molar-refractivity contribution >= 4 is 5.91 Å². The van der Waals surface area contributed by atoms with E-state index in [9.17, 15) is 4.79 Å². The molecule has 1 amide bonds. The zero-order chi connectivity index (χ0) is 14.8. The third-order valence-corrected chi connectivity index (χ3v) is 4.80. The Balaban J connectivity index is 2.23. The van der Waals surface area contributed by atoms with Gasteiger partial charge in [0.1, 0.15) is 0 Å². The van der Waals surface area contributed by atoms with E-state index < -0.39 is 0 Å². The topological polar surface area (TPSA) is 55.1 Å². The van der Waals surface area contributed by atoms with E-state index >= 15 is 0 Å². The van der Waals surface area contributed by atoms with Gasteiger partial charge in [0.15, 0.2) is 0 Å². The van der Waals surface area contributed by atoms with Crippen molar-refractivity contribution in [1.29, 1.82) is 0 Å². The predicted molar refractivity (Wildman–Crippen MR) is 85.5 cm³/mol. The Morgan fingerprint density at radius 3 is 2.50 bits per heavy atom. The van der Waals surface area contributed by atoms with Crippen LogP contribution in [-0.4, -0.2) is 18.5 Å². The number of rotatable bonds is 9. The van der Waals surface area contributed by atoms with Crippen molar-refractivity contribution in [2.75, 3.05) is 6.54 Å². The summed E-state index contributed by atoms with van der Waals surface area (Å²) in [6, 6.07) is 0.349. The first-order valence-corrected chi connectivity index (χ1v) is 8.66. The minimum absolute atomic E-state index is 0.237. The van der Waals surface area contributed by atoms with Crippen molar-refractivity contribution in [3.8, 4) is 0 Å². The van der Waals surface area contributed by atoms with Crippen LogP contribution in [0.1, 0.15) is 78.1 Å². The second-order valence-electron chi connectivity index (χ2n) is 6.53. The highest BCUT2D eigenvalue weighted by Crippen LogP contribution is 2.26. The number of carbonyl (C=O) groups is 1. The van der Waals surface area contributed by atoms with Gasteiger partial charge in [0, 0.05) is 12.5 Å². The molecule has 1 aliphatic rings.